The van der Waals surface area contributed by atoms with Crippen LogP contribution >= 0.6 is 0 Å². The van der Waals surface area contributed by atoms with Crippen LogP contribution in [0, 0.1) is 5.92 Å². The molecule has 9 heteroatoms. The van der Waals surface area contributed by atoms with Gasteiger partial charge in [-0.25, -0.2) is 8.42 Å². The molecule has 1 amide bonds. The van der Waals surface area contributed by atoms with Gasteiger partial charge in [0.05, 0.1) is 22.8 Å². The Labute approximate surface area is 175 Å². The summed E-state index contributed by atoms with van der Waals surface area (Å²) in [6, 6.07) is 3.97. The van der Waals surface area contributed by atoms with Crippen molar-refractivity contribution in [2.45, 2.75) is 62.1 Å². The number of likely N-dealkylation sites (tertiary alicyclic amines) is 1. The van der Waals surface area contributed by atoms with Crippen molar-refractivity contribution >= 4 is 15.7 Å². The van der Waals surface area contributed by atoms with Gasteiger partial charge in [-0.1, -0.05) is 12.5 Å². The third-order valence-corrected chi connectivity index (χ3v) is 7.89. The van der Waals surface area contributed by atoms with Crippen molar-refractivity contribution in [3.8, 4) is 0 Å². The van der Waals surface area contributed by atoms with Crippen molar-refractivity contribution in [2.24, 2.45) is 5.92 Å². The van der Waals surface area contributed by atoms with E-state index in [1.807, 2.05) is 0 Å². The number of carbonyl (C=O) groups excluding carboxylic acids is 1. The smallest absolute Gasteiger partial charge is 0.352 e. The quantitative estimate of drug-likeness (QED) is 0.725. The number of hydrogen-bond acceptors (Lipinski definition) is 4. The molecule has 0 atom stereocenters. The van der Waals surface area contributed by atoms with E-state index >= 15 is 0 Å². The SMILES string of the molecule is O=C(CN1CCCCC1)NC1CCC(CS(=O)(=O)c2cccc(C(F)(F)F)c2)CC1. The highest BCUT2D eigenvalue weighted by Gasteiger charge is 2.33. The molecule has 2 aliphatic rings. The summed E-state index contributed by atoms with van der Waals surface area (Å²) in [6.45, 7) is 2.31. The lowest BCUT2D eigenvalue weighted by Crippen LogP contribution is -2.45. The second kappa shape index (κ2) is 9.68. The third-order valence-electron chi connectivity index (χ3n) is 6.00. The van der Waals surface area contributed by atoms with Gasteiger partial charge in [0, 0.05) is 6.04 Å². The van der Waals surface area contributed by atoms with Crippen molar-refractivity contribution in [3.05, 3.63) is 29.8 Å². The Bertz CT molecular complexity index is 828. The summed E-state index contributed by atoms with van der Waals surface area (Å²) in [7, 11) is -3.80. The molecule has 0 unspecified atom stereocenters. The molecule has 0 aromatic heterocycles. The van der Waals surface area contributed by atoms with Gasteiger partial charge in [0.15, 0.2) is 9.84 Å². The molecule has 30 heavy (non-hydrogen) atoms. The van der Waals surface area contributed by atoms with Gasteiger partial charge in [0.1, 0.15) is 0 Å². The van der Waals surface area contributed by atoms with Crippen molar-refractivity contribution in [1.29, 1.82) is 0 Å². The molecule has 1 N–H and O–H groups in total. The van der Waals surface area contributed by atoms with Crippen molar-refractivity contribution in [3.63, 3.8) is 0 Å². The van der Waals surface area contributed by atoms with E-state index in [4.69, 9.17) is 0 Å². The second-order valence-corrected chi connectivity index (χ2v) is 10.5. The largest absolute Gasteiger partial charge is 0.416 e. The first-order valence-corrected chi connectivity index (χ1v) is 12.2. The lowest BCUT2D eigenvalue weighted by Gasteiger charge is -2.30. The summed E-state index contributed by atoms with van der Waals surface area (Å²) in [5.74, 6) is -0.264. The molecule has 0 spiro atoms. The zero-order valence-electron chi connectivity index (χ0n) is 17.0. The molecule has 1 aliphatic carbocycles. The number of carbonyl (C=O) groups is 1. The molecule has 1 aromatic rings. The molecule has 1 heterocycles. The summed E-state index contributed by atoms with van der Waals surface area (Å²) >= 11 is 0. The van der Waals surface area contributed by atoms with Gasteiger partial charge >= 0.3 is 6.18 Å². The maximum atomic E-state index is 12.9. The van der Waals surface area contributed by atoms with Crippen LogP contribution in [0.25, 0.3) is 0 Å². The number of benzene rings is 1. The van der Waals surface area contributed by atoms with E-state index in [2.05, 4.69) is 10.2 Å². The van der Waals surface area contributed by atoms with E-state index in [0.717, 1.165) is 38.1 Å². The van der Waals surface area contributed by atoms with Crippen molar-refractivity contribution < 1.29 is 26.4 Å². The summed E-state index contributed by atoms with van der Waals surface area (Å²) in [5, 5.41) is 3.05. The molecular weight excluding hydrogens is 417 g/mol. The standard InChI is InChI=1S/C21H29F3N2O3S/c22-21(23,24)17-5-4-6-19(13-17)30(28,29)15-16-7-9-18(10-8-16)25-20(27)14-26-11-2-1-3-12-26/h4-6,13,16,18H,1-3,7-12,14-15H2,(H,25,27). The Kier molecular flexibility index (Phi) is 7.44. The number of nitrogens with one attached hydrogen (secondary N) is 1. The minimum Gasteiger partial charge on any atom is -0.352 e. The van der Waals surface area contributed by atoms with Crippen LogP contribution in [0.2, 0.25) is 0 Å². The van der Waals surface area contributed by atoms with E-state index in [0.29, 0.717) is 38.3 Å². The van der Waals surface area contributed by atoms with Gasteiger partial charge in [-0.15, -0.1) is 0 Å². The van der Waals surface area contributed by atoms with E-state index in [1.165, 1.54) is 12.5 Å². The molecule has 1 aliphatic heterocycles. The average Bonchev–Trinajstić information content (AvgIpc) is 2.69. The first-order valence-electron chi connectivity index (χ1n) is 10.6. The fourth-order valence-corrected chi connectivity index (χ4v) is 6.08. The van der Waals surface area contributed by atoms with Crippen LogP contribution in [-0.4, -0.2) is 50.7 Å². The molecule has 5 nitrogen and oxygen atoms in total. The molecule has 168 valence electrons. The lowest BCUT2D eigenvalue weighted by atomic mass is 9.87. The molecule has 1 aromatic carbocycles. The fraction of sp³-hybridized carbons (Fsp3) is 0.667. The van der Waals surface area contributed by atoms with Crippen LogP contribution in [0.3, 0.4) is 0 Å². The number of alkyl halides is 3. The minimum absolute atomic E-state index is 0.0111. The van der Waals surface area contributed by atoms with E-state index in [1.54, 1.807) is 0 Å². The zero-order valence-corrected chi connectivity index (χ0v) is 17.8. The number of nitrogens with zero attached hydrogens (tertiary/aromatic N) is 1. The van der Waals surface area contributed by atoms with Crippen LogP contribution in [-0.2, 0) is 20.8 Å². The summed E-state index contributed by atoms with van der Waals surface area (Å²) in [6.07, 6.45) is 1.53. The highest BCUT2D eigenvalue weighted by Crippen LogP contribution is 2.32. The predicted octanol–water partition coefficient (Wildman–Crippen LogP) is 3.64. The molecular formula is C21H29F3N2O3S. The molecule has 1 saturated heterocycles. The molecule has 1 saturated carbocycles. The summed E-state index contributed by atoms with van der Waals surface area (Å²) < 4.78 is 63.9. The fourth-order valence-electron chi connectivity index (χ4n) is 4.34. The average molecular weight is 447 g/mol. The second-order valence-electron chi connectivity index (χ2n) is 8.43. The minimum atomic E-state index is -4.57. The van der Waals surface area contributed by atoms with Gasteiger partial charge in [0.2, 0.25) is 5.91 Å². The monoisotopic (exact) mass is 446 g/mol. The Morgan fingerprint density at radius 3 is 2.37 bits per heavy atom. The summed E-state index contributed by atoms with van der Waals surface area (Å²) in [4.78, 5) is 14.1. The molecule has 0 bridgehead atoms. The zero-order chi connectivity index (χ0) is 21.8. The predicted molar refractivity (Wildman–Crippen MR) is 108 cm³/mol. The molecule has 0 radical (unpaired) electrons. The first-order chi connectivity index (χ1) is 14.1. The van der Waals surface area contributed by atoms with Crippen LogP contribution in [0.15, 0.2) is 29.2 Å². The number of hydrogen-bond donors (Lipinski definition) is 1. The Hall–Kier alpha value is -1.61. The van der Waals surface area contributed by atoms with Crippen LogP contribution in [0.1, 0.15) is 50.5 Å². The number of amides is 1. The van der Waals surface area contributed by atoms with Crippen LogP contribution < -0.4 is 5.32 Å². The van der Waals surface area contributed by atoms with Crippen molar-refractivity contribution in [2.75, 3.05) is 25.4 Å². The Morgan fingerprint density at radius 1 is 1.07 bits per heavy atom. The number of halogens is 3. The van der Waals surface area contributed by atoms with Crippen LogP contribution in [0.5, 0.6) is 0 Å². The van der Waals surface area contributed by atoms with Gasteiger partial charge in [-0.3, -0.25) is 9.69 Å². The van der Waals surface area contributed by atoms with Gasteiger partial charge in [-0.2, -0.15) is 13.2 Å². The number of rotatable bonds is 6. The van der Waals surface area contributed by atoms with E-state index in [-0.39, 0.29) is 28.5 Å². The van der Waals surface area contributed by atoms with Gasteiger partial charge in [-0.05, 0) is 75.7 Å². The Morgan fingerprint density at radius 2 is 1.73 bits per heavy atom. The maximum Gasteiger partial charge on any atom is 0.416 e. The Balaban J connectivity index is 1.48. The molecule has 2 fully saturated rings. The summed E-state index contributed by atoms with van der Waals surface area (Å²) in [5.41, 5.74) is -0.955. The van der Waals surface area contributed by atoms with E-state index < -0.39 is 21.6 Å². The maximum absolute atomic E-state index is 12.9. The van der Waals surface area contributed by atoms with Crippen LogP contribution in [0.4, 0.5) is 13.2 Å². The third kappa shape index (κ3) is 6.44. The molecule has 3 rings (SSSR count). The van der Waals surface area contributed by atoms with Gasteiger partial charge in [0.25, 0.3) is 0 Å². The topological polar surface area (TPSA) is 66.5 Å². The van der Waals surface area contributed by atoms with Gasteiger partial charge < -0.3 is 5.32 Å². The van der Waals surface area contributed by atoms with Crippen molar-refractivity contribution in [1.82, 2.24) is 10.2 Å². The highest BCUT2D eigenvalue weighted by molar-refractivity contribution is 7.91. The number of sulfone groups is 1. The van der Waals surface area contributed by atoms with E-state index in [9.17, 15) is 26.4 Å². The lowest BCUT2D eigenvalue weighted by molar-refractivity contribution is -0.137. The first kappa shape index (κ1) is 23.1. The normalized spacial score (nSPS) is 23.8. The highest BCUT2D eigenvalue weighted by atomic mass is 32.2. The number of piperidine rings is 1.